The minimum Gasteiger partial charge on any atom is -0.354 e. The van der Waals surface area contributed by atoms with E-state index >= 15 is 0 Å². The lowest BCUT2D eigenvalue weighted by atomic mass is 10.1. The van der Waals surface area contributed by atoms with Gasteiger partial charge in [-0.1, -0.05) is 61.3 Å². The normalized spacial score (nSPS) is 12.2. The Morgan fingerprint density at radius 1 is 1.00 bits per heavy atom. The summed E-state index contributed by atoms with van der Waals surface area (Å²) in [6.45, 7) is 7.26. The van der Waals surface area contributed by atoms with Crippen molar-refractivity contribution in [2.75, 3.05) is 23.7 Å². The van der Waals surface area contributed by atoms with E-state index in [-0.39, 0.29) is 12.5 Å². The van der Waals surface area contributed by atoms with E-state index in [0.29, 0.717) is 34.3 Å². The largest absolute Gasteiger partial charge is 0.354 e. The summed E-state index contributed by atoms with van der Waals surface area (Å²) in [5.41, 5.74) is 2.37. The van der Waals surface area contributed by atoms with Crippen molar-refractivity contribution in [1.82, 2.24) is 10.2 Å². The number of nitrogens with one attached hydrogen (secondary N) is 1. The summed E-state index contributed by atoms with van der Waals surface area (Å²) in [5.74, 6) is -0.851. The first kappa shape index (κ1) is 28.9. The maximum Gasteiger partial charge on any atom is 0.244 e. The van der Waals surface area contributed by atoms with Crippen LogP contribution in [0.4, 0.5) is 5.69 Å². The highest BCUT2D eigenvalue weighted by molar-refractivity contribution is 7.92. The smallest absolute Gasteiger partial charge is 0.244 e. The van der Waals surface area contributed by atoms with Gasteiger partial charge < -0.3 is 10.2 Å². The van der Waals surface area contributed by atoms with Crippen LogP contribution in [0.2, 0.25) is 10.0 Å². The van der Waals surface area contributed by atoms with Crippen LogP contribution in [0.3, 0.4) is 0 Å². The molecule has 0 radical (unpaired) electrons. The lowest BCUT2D eigenvalue weighted by Crippen LogP contribution is -2.52. The van der Waals surface area contributed by atoms with E-state index in [9.17, 15) is 18.0 Å². The topological polar surface area (TPSA) is 86.8 Å². The van der Waals surface area contributed by atoms with Gasteiger partial charge in [0.25, 0.3) is 0 Å². The zero-order valence-corrected chi connectivity index (χ0v) is 23.1. The molecule has 0 fully saturated rings. The van der Waals surface area contributed by atoms with E-state index in [0.717, 1.165) is 28.1 Å². The van der Waals surface area contributed by atoms with Crippen molar-refractivity contribution in [2.45, 2.75) is 53.1 Å². The highest BCUT2D eigenvalue weighted by atomic mass is 35.5. The van der Waals surface area contributed by atoms with Crippen molar-refractivity contribution in [3.63, 3.8) is 0 Å². The lowest BCUT2D eigenvalue weighted by molar-refractivity contribution is -0.140. The fraction of sp³-hybridized carbons (Fsp3) is 0.440. The molecule has 0 spiro atoms. The second-order valence-electron chi connectivity index (χ2n) is 8.45. The van der Waals surface area contributed by atoms with Gasteiger partial charge in [-0.05, 0) is 49.9 Å². The van der Waals surface area contributed by atoms with Crippen LogP contribution < -0.4 is 9.62 Å². The Hall–Kier alpha value is -2.29. The van der Waals surface area contributed by atoms with Gasteiger partial charge in [-0.25, -0.2) is 8.42 Å². The number of aryl methyl sites for hydroxylation is 2. The van der Waals surface area contributed by atoms with Crippen molar-refractivity contribution in [1.29, 1.82) is 0 Å². The van der Waals surface area contributed by atoms with Gasteiger partial charge in [0.15, 0.2) is 0 Å². The Labute approximate surface area is 218 Å². The van der Waals surface area contributed by atoms with E-state index in [1.54, 1.807) is 51.1 Å². The lowest BCUT2D eigenvalue weighted by Gasteiger charge is -2.33. The number of rotatable bonds is 11. The van der Waals surface area contributed by atoms with E-state index in [2.05, 4.69) is 5.32 Å². The molecule has 0 bridgehead atoms. The summed E-state index contributed by atoms with van der Waals surface area (Å²) in [6.07, 6.45) is 2.12. The Balaban J connectivity index is 2.54. The molecule has 0 saturated carbocycles. The molecule has 0 aromatic heterocycles. The summed E-state index contributed by atoms with van der Waals surface area (Å²) < 4.78 is 26.7. The highest BCUT2D eigenvalue weighted by Gasteiger charge is 2.33. The molecule has 1 unspecified atom stereocenters. The van der Waals surface area contributed by atoms with E-state index in [1.165, 1.54) is 4.90 Å². The molecule has 0 aliphatic rings. The second-order valence-corrected chi connectivity index (χ2v) is 11.2. The number of benzene rings is 2. The van der Waals surface area contributed by atoms with Gasteiger partial charge in [-0.15, -0.1) is 0 Å². The average molecular weight is 543 g/mol. The van der Waals surface area contributed by atoms with Crippen LogP contribution in [-0.2, 0) is 26.2 Å². The zero-order chi connectivity index (χ0) is 26.3. The summed E-state index contributed by atoms with van der Waals surface area (Å²) in [7, 11) is -3.81. The van der Waals surface area contributed by atoms with Crippen LogP contribution in [-0.4, -0.2) is 50.5 Å². The first-order chi connectivity index (χ1) is 16.4. The molecule has 0 aliphatic carbocycles. The number of anilines is 1. The summed E-state index contributed by atoms with van der Waals surface area (Å²) in [4.78, 5) is 28.1. The molecule has 1 atom stereocenters. The van der Waals surface area contributed by atoms with Crippen LogP contribution >= 0.6 is 23.2 Å². The van der Waals surface area contributed by atoms with Gasteiger partial charge in [0, 0.05) is 28.7 Å². The molecule has 192 valence electrons. The molecule has 2 aromatic rings. The zero-order valence-electron chi connectivity index (χ0n) is 20.8. The van der Waals surface area contributed by atoms with Crippen molar-refractivity contribution >= 4 is 50.7 Å². The molecule has 0 saturated heterocycles. The fourth-order valence-electron chi connectivity index (χ4n) is 3.91. The number of halogens is 2. The molecule has 7 nitrogen and oxygen atoms in total. The fourth-order valence-corrected chi connectivity index (χ4v) is 5.40. The van der Waals surface area contributed by atoms with Gasteiger partial charge >= 0.3 is 0 Å². The molecular weight excluding hydrogens is 509 g/mol. The highest BCUT2D eigenvalue weighted by Crippen LogP contribution is 2.29. The molecule has 2 aromatic carbocycles. The summed E-state index contributed by atoms with van der Waals surface area (Å²) in [6, 6.07) is 9.58. The number of carbonyl (C=O) groups excluding carboxylic acids is 2. The van der Waals surface area contributed by atoms with Crippen LogP contribution in [0.15, 0.2) is 36.4 Å². The van der Waals surface area contributed by atoms with Gasteiger partial charge in [0.2, 0.25) is 21.8 Å². The van der Waals surface area contributed by atoms with Crippen molar-refractivity contribution in [3.8, 4) is 0 Å². The Bertz CT molecular complexity index is 1130. The number of amides is 2. The number of hydrogen-bond donors (Lipinski definition) is 1. The SMILES string of the molecule is CCCNC(=O)C(CC)N(Cc1c(Cl)cccc1Cl)C(=O)CN(c1c(C)cccc1C)S(C)(=O)=O. The van der Waals surface area contributed by atoms with Gasteiger partial charge in [-0.2, -0.15) is 0 Å². The van der Waals surface area contributed by atoms with Gasteiger partial charge in [-0.3, -0.25) is 13.9 Å². The van der Waals surface area contributed by atoms with E-state index in [4.69, 9.17) is 23.2 Å². The number of hydrogen-bond acceptors (Lipinski definition) is 4. The molecule has 35 heavy (non-hydrogen) atoms. The average Bonchev–Trinajstić information content (AvgIpc) is 2.77. The number of para-hydroxylation sites is 1. The molecule has 10 heteroatoms. The van der Waals surface area contributed by atoms with Crippen LogP contribution in [0.1, 0.15) is 43.4 Å². The predicted molar refractivity (Wildman–Crippen MR) is 142 cm³/mol. The maximum atomic E-state index is 13.8. The third kappa shape index (κ3) is 7.35. The van der Waals surface area contributed by atoms with Crippen molar-refractivity contribution in [3.05, 3.63) is 63.1 Å². The molecular formula is C25H33Cl2N3O4S. The number of nitrogens with zero attached hydrogens (tertiary/aromatic N) is 2. The van der Waals surface area contributed by atoms with Crippen LogP contribution in [0.5, 0.6) is 0 Å². The summed E-state index contributed by atoms with van der Waals surface area (Å²) in [5, 5.41) is 3.55. The minimum atomic E-state index is -3.81. The number of carbonyl (C=O) groups is 2. The Morgan fingerprint density at radius 2 is 1.54 bits per heavy atom. The van der Waals surface area contributed by atoms with Gasteiger partial charge in [0.05, 0.1) is 11.9 Å². The molecule has 1 N–H and O–H groups in total. The third-order valence-electron chi connectivity index (χ3n) is 5.69. The van der Waals surface area contributed by atoms with E-state index < -0.39 is 28.5 Å². The second kappa shape index (κ2) is 12.6. The Morgan fingerprint density at radius 3 is 2.03 bits per heavy atom. The van der Waals surface area contributed by atoms with Crippen LogP contribution in [0.25, 0.3) is 0 Å². The summed E-state index contributed by atoms with van der Waals surface area (Å²) >= 11 is 12.8. The quantitative estimate of drug-likeness (QED) is 0.446. The molecule has 0 heterocycles. The van der Waals surface area contributed by atoms with Crippen LogP contribution in [0, 0.1) is 13.8 Å². The minimum absolute atomic E-state index is 0.0419. The van der Waals surface area contributed by atoms with E-state index in [1.807, 2.05) is 13.0 Å². The van der Waals surface area contributed by atoms with Gasteiger partial charge in [0.1, 0.15) is 12.6 Å². The molecule has 0 aliphatic heterocycles. The standard InChI is InChI=1S/C25H33Cl2N3O4S/c1-6-14-28-25(32)22(7-2)29(15-19-20(26)12-9-13-21(19)27)23(31)16-30(35(5,33)34)24-17(3)10-8-11-18(24)4/h8-13,22H,6-7,14-16H2,1-5H3,(H,28,32). The van der Waals surface area contributed by atoms with Crippen molar-refractivity contribution in [2.24, 2.45) is 0 Å². The number of sulfonamides is 1. The monoisotopic (exact) mass is 541 g/mol. The molecule has 2 rings (SSSR count). The maximum absolute atomic E-state index is 13.8. The predicted octanol–water partition coefficient (Wildman–Crippen LogP) is 4.71. The third-order valence-corrected chi connectivity index (χ3v) is 7.51. The first-order valence-electron chi connectivity index (χ1n) is 11.5. The van der Waals surface area contributed by atoms with Crippen molar-refractivity contribution < 1.29 is 18.0 Å². The Kier molecular flexibility index (Phi) is 10.4. The first-order valence-corrected chi connectivity index (χ1v) is 14.1. The molecule has 2 amide bonds.